The first-order valence-electron chi connectivity index (χ1n) is 5.98. The van der Waals surface area contributed by atoms with Gasteiger partial charge in [0.1, 0.15) is 11.5 Å². The molecule has 0 heterocycles. The highest BCUT2D eigenvalue weighted by Gasteiger charge is 2.04. The molecule has 0 spiro atoms. The number of ether oxygens (including phenoxy) is 2. The van der Waals surface area contributed by atoms with Crippen molar-refractivity contribution in [1.29, 1.82) is 0 Å². The number of aliphatic imine (C=N–C) groups is 1. The van der Waals surface area contributed by atoms with E-state index in [2.05, 4.69) is 10.3 Å². The molecule has 4 N–H and O–H groups in total. The number of phenols is 1. The van der Waals surface area contributed by atoms with Gasteiger partial charge in [-0.2, -0.15) is 0 Å². The minimum Gasteiger partial charge on any atom is -0.508 e. The van der Waals surface area contributed by atoms with E-state index in [0.29, 0.717) is 23.9 Å². The van der Waals surface area contributed by atoms with Gasteiger partial charge in [-0.25, -0.2) is 4.99 Å². The fourth-order valence-corrected chi connectivity index (χ4v) is 1.58. The lowest BCUT2D eigenvalue weighted by Gasteiger charge is -2.13. The standard InChI is InChI=1S/C13H21N3O3.HI/c1-9(8-18-2)16-13(14)15-7-10-6-11(19-3)4-5-12(10)17;/h4-6,9,17H,7-8H2,1-3H3,(H3,14,15,16);1H. The number of phenolic OH excluding ortho intramolecular Hbond substituents is 1. The SMILES string of the molecule is COCC(C)NC(N)=NCc1cc(OC)ccc1O.I. The Balaban J connectivity index is 0.00000361. The number of nitrogens with two attached hydrogens (primary N) is 1. The Morgan fingerprint density at radius 3 is 2.75 bits per heavy atom. The van der Waals surface area contributed by atoms with Crippen LogP contribution in [0, 0.1) is 0 Å². The summed E-state index contributed by atoms with van der Waals surface area (Å²) >= 11 is 0. The molecule has 0 bridgehead atoms. The Hall–Kier alpha value is -1.22. The third kappa shape index (κ3) is 6.29. The zero-order valence-corrected chi connectivity index (χ0v) is 14.3. The van der Waals surface area contributed by atoms with Crippen LogP contribution in [-0.2, 0) is 11.3 Å². The molecule has 7 heteroatoms. The summed E-state index contributed by atoms with van der Waals surface area (Å²) in [5, 5.41) is 12.7. The van der Waals surface area contributed by atoms with E-state index in [1.807, 2.05) is 6.92 Å². The molecule has 1 rings (SSSR count). The monoisotopic (exact) mass is 395 g/mol. The summed E-state index contributed by atoms with van der Waals surface area (Å²) in [6, 6.07) is 5.06. The van der Waals surface area contributed by atoms with E-state index in [1.165, 1.54) is 0 Å². The lowest BCUT2D eigenvalue weighted by Crippen LogP contribution is -2.40. The van der Waals surface area contributed by atoms with Gasteiger partial charge in [0, 0.05) is 18.7 Å². The molecule has 1 aromatic carbocycles. The van der Waals surface area contributed by atoms with Crippen LogP contribution in [0.2, 0.25) is 0 Å². The molecule has 1 unspecified atom stereocenters. The number of guanidine groups is 1. The predicted octanol–water partition coefficient (Wildman–Crippen LogP) is 1.46. The van der Waals surface area contributed by atoms with Crippen LogP contribution in [-0.4, -0.2) is 37.9 Å². The maximum Gasteiger partial charge on any atom is 0.189 e. The molecule has 0 aliphatic rings. The molecule has 0 saturated carbocycles. The van der Waals surface area contributed by atoms with Crippen LogP contribution in [0.4, 0.5) is 0 Å². The van der Waals surface area contributed by atoms with Crippen molar-refractivity contribution in [3.05, 3.63) is 23.8 Å². The summed E-state index contributed by atoms with van der Waals surface area (Å²) < 4.78 is 10.1. The number of rotatable bonds is 6. The average molecular weight is 395 g/mol. The third-order valence-electron chi connectivity index (χ3n) is 2.52. The van der Waals surface area contributed by atoms with Gasteiger partial charge in [-0.1, -0.05) is 0 Å². The van der Waals surface area contributed by atoms with Gasteiger partial charge in [0.05, 0.1) is 20.3 Å². The lowest BCUT2D eigenvalue weighted by atomic mass is 10.2. The number of halogens is 1. The van der Waals surface area contributed by atoms with Crippen LogP contribution >= 0.6 is 24.0 Å². The van der Waals surface area contributed by atoms with Crippen LogP contribution in [0.5, 0.6) is 11.5 Å². The van der Waals surface area contributed by atoms with Crippen molar-refractivity contribution in [3.8, 4) is 11.5 Å². The third-order valence-corrected chi connectivity index (χ3v) is 2.52. The summed E-state index contributed by atoms with van der Waals surface area (Å²) in [5.74, 6) is 1.15. The molecule has 0 aliphatic heterocycles. The van der Waals surface area contributed by atoms with E-state index in [-0.39, 0.29) is 42.3 Å². The van der Waals surface area contributed by atoms with Crippen molar-refractivity contribution in [2.75, 3.05) is 20.8 Å². The molecule has 114 valence electrons. The van der Waals surface area contributed by atoms with Crippen molar-refractivity contribution in [2.24, 2.45) is 10.7 Å². The zero-order chi connectivity index (χ0) is 14.3. The highest BCUT2D eigenvalue weighted by atomic mass is 127. The summed E-state index contributed by atoms with van der Waals surface area (Å²) in [5.41, 5.74) is 6.40. The highest BCUT2D eigenvalue weighted by molar-refractivity contribution is 14.0. The minimum absolute atomic E-state index is 0. The lowest BCUT2D eigenvalue weighted by molar-refractivity contribution is 0.179. The van der Waals surface area contributed by atoms with E-state index >= 15 is 0 Å². The van der Waals surface area contributed by atoms with Crippen LogP contribution in [0.1, 0.15) is 12.5 Å². The van der Waals surface area contributed by atoms with Gasteiger partial charge >= 0.3 is 0 Å². The molecular formula is C13H22IN3O3. The van der Waals surface area contributed by atoms with Gasteiger partial charge in [0.25, 0.3) is 0 Å². The predicted molar refractivity (Wildman–Crippen MR) is 89.9 cm³/mol. The van der Waals surface area contributed by atoms with Crippen molar-refractivity contribution in [1.82, 2.24) is 5.32 Å². The summed E-state index contributed by atoms with van der Waals surface area (Å²) in [4.78, 5) is 4.17. The first-order chi connectivity index (χ1) is 9.06. The van der Waals surface area contributed by atoms with E-state index in [0.717, 1.165) is 0 Å². The maximum atomic E-state index is 9.70. The second-order valence-electron chi connectivity index (χ2n) is 4.20. The van der Waals surface area contributed by atoms with Crippen molar-refractivity contribution in [3.63, 3.8) is 0 Å². The number of hydrogen-bond donors (Lipinski definition) is 3. The Morgan fingerprint density at radius 2 is 2.15 bits per heavy atom. The molecule has 0 saturated heterocycles. The largest absolute Gasteiger partial charge is 0.508 e. The molecule has 0 fully saturated rings. The van der Waals surface area contributed by atoms with E-state index in [4.69, 9.17) is 15.2 Å². The Bertz CT molecular complexity index is 441. The molecular weight excluding hydrogens is 373 g/mol. The van der Waals surface area contributed by atoms with Gasteiger partial charge in [-0.3, -0.25) is 0 Å². The quantitative estimate of drug-likeness (QED) is 0.386. The first-order valence-corrected chi connectivity index (χ1v) is 5.98. The van der Waals surface area contributed by atoms with Crippen molar-refractivity contribution in [2.45, 2.75) is 19.5 Å². The second-order valence-corrected chi connectivity index (χ2v) is 4.20. The topological polar surface area (TPSA) is 89.1 Å². The van der Waals surface area contributed by atoms with Crippen LogP contribution < -0.4 is 15.8 Å². The summed E-state index contributed by atoms with van der Waals surface area (Å²) in [7, 11) is 3.20. The van der Waals surface area contributed by atoms with Gasteiger partial charge in [-0.05, 0) is 25.1 Å². The van der Waals surface area contributed by atoms with Gasteiger partial charge in [-0.15, -0.1) is 24.0 Å². The van der Waals surface area contributed by atoms with Gasteiger partial charge in [0.15, 0.2) is 5.96 Å². The number of hydrogen-bond acceptors (Lipinski definition) is 4. The first kappa shape index (κ1) is 18.8. The van der Waals surface area contributed by atoms with Crippen molar-refractivity contribution < 1.29 is 14.6 Å². The number of benzene rings is 1. The molecule has 0 aliphatic carbocycles. The normalized spacial score (nSPS) is 12.4. The fourth-order valence-electron chi connectivity index (χ4n) is 1.58. The van der Waals surface area contributed by atoms with Gasteiger partial charge < -0.3 is 25.6 Å². The highest BCUT2D eigenvalue weighted by Crippen LogP contribution is 2.23. The molecule has 1 aromatic rings. The van der Waals surface area contributed by atoms with E-state index in [1.54, 1.807) is 32.4 Å². The van der Waals surface area contributed by atoms with Crippen LogP contribution in [0.15, 0.2) is 23.2 Å². The Kier molecular flexibility index (Phi) is 9.06. The Labute approximate surface area is 136 Å². The van der Waals surface area contributed by atoms with Crippen molar-refractivity contribution >= 4 is 29.9 Å². The molecule has 0 aromatic heterocycles. The Morgan fingerprint density at radius 1 is 1.45 bits per heavy atom. The number of aromatic hydroxyl groups is 1. The summed E-state index contributed by atoms with van der Waals surface area (Å²) in [6.45, 7) is 2.76. The van der Waals surface area contributed by atoms with E-state index in [9.17, 15) is 5.11 Å². The maximum absolute atomic E-state index is 9.70. The molecule has 6 nitrogen and oxygen atoms in total. The second kappa shape index (κ2) is 9.65. The average Bonchev–Trinajstić information content (AvgIpc) is 2.38. The molecule has 0 amide bonds. The number of nitrogens with one attached hydrogen (secondary N) is 1. The molecule has 0 radical (unpaired) electrons. The number of nitrogens with zero attached hydrogens (tertiary/aromatic N) is 1. The smallest absolute Gasteiger partial charge is 0.189 e. The van der Waals surface area contributed by atoms with E-state index < -0.39 is 0 Å². The van der Waals surface area contributed by atoms with Crippen LogP contribution in [0.3, 0.4) is 0 Å². The van der Waals surface area contributed by atoms with Crippen LogP contribution in [0.25, 0.3) is 0 Å². The zero-order valence-electron chi connectivity index (χ0n) is 11.9. The number of methoxy groups -OCH3 is 2. The fraction of sp³-hybridized carbons (Fsp3) is 0.462. The minimum atomic E-state index is 0. The van der Waals surface area contributed by atoms with Gasteiger partial charge in [0.2, 0.25) is 0 Å². The summed E-state index contributed by atoms with van der Waals surface area (Å²) in [6.07, 6.45) is 0. The molecule has 20 heavy (non-hydrogen) atoms. The molecule has 1 atom stereocenters.